The van der Waals surface area contributed by atoms with Crippen molar-refractivity contribution >= 4 is 10.0 Å². The number of hydrogen-bond acceptors (Lipinski definition) is 3. The van der Waals surface area contributed by atoms with Crippen LogP contribution in [0.2, 0.25) is 0 Å². The molecule has 5 heteroatoms. The fourth-order valence-electron chi connectivity index (χ4n) is 2.39. The van der Waals surface area contributed by atoms with E-state index in [9.17, 15) is 8.42 Å². The van der Waals surface area contributed by atoms with E-state index in [1.54, 1.807) is 0 Å². The summed E-state index contributed by atoms with van der Waals surface area (Å²) in [6.07, 6.45) is 1.51. The fraction of sp³-hybridized carbons (Fsp3) is 0.538. The van der Waals surface area contributed by atoms with Crippen molar-refractivity contribution in [3.63, 3.8) is 0 Å². The van der Waals surface area contributed by atoms with Gasteiger partial charge in [-0.2, -0.15) is 0 Å². The van der Waals surface area contributed by atoms with Crippen LogP contribution in [0.15, 0.2) is 24.3 Å². The maximum Gasteiger partial charge on any atom is 0.215 e. The Morgan fingerprint density at radius 2 is 2.17 bits per heavy atom. The van der Waals surface area contributed by atoms with Crippen LogP contribution in [0.1, 0.15) is 30.4 Å². The molecule has 0 heterocycles. The third kappa shape index (κ3) is 2.58. The van der Waals surface area contributed by atoms with Crippen LogP contribution in [0.4, 0.5) is 0 Å². The van der Waals surface area contributed by atoms with Crippen LogP contribution in [-0.2, 0) is 16.4 Å². The molecule has 0 radical (unpaired) electrons. The number of fused-ring (bicyclic) bond motifs is 1. The lowest BCUT2D eigenvalue weighted by Crippen LogP contribution is -2.41. The van der Waals surface area contributed by atoms with Crippen LogP contribution in [0.25, 0.3) is 0 Å². The summed E-state index contributed by atoms with van der Waals surface area (Å²) in [5.41, 5.74) is 8.07. The Morgan fingerprint density at radius 3 is 2.78 bits per heavy atom. The number of nitrogens with two attached hydrogens (primary N) is 1. The molecule has 1 aliphatic carbocycles. The quantitative estimate of drug-likeness (QED) is 0.808. The highest BCUT2D eigenvalue weighted by molar-refractivity contribution is 7.90. The third-order valence-corrected chi connectivity index (χ3v) is 5.62. The average molecular weight is 268 g/mol. The molecule has 0 aliphatic heterocycles. The second kappa shape index (κ2) is 5.38. The maximum absolute atomic E-state index is 12.0. The average Bonchev–Trinajstić information content (AvgIpc) is 2.31. The van der Waals surface area contributed by atoms with Crippen molar-refractivity contribution in [2.24, 2.45) is 5.73 Å². The van der Waals surface area contributed by atoms with Crippen LogP contribution in [0.3, 0.4) is 0 Å². The van der Waals surface area contributed by atoms with Crippen molar-refractivity contribution in [2.75, 3.05) is 13.1 Å². The molecule has 0 saturated heterocycles. The van der Waals surface area contributed by atoms with Gasteiger partial charge in [-0.3, -0.25) is 0 Å². The van der Waals surface area contributed by atoms with E-state index in [4.69, 9.17) is 5.73 Å². The number of nitrogens with one attached hydrogen (secondary N) is 1. The summed E-state index contributed by atoms with van der Waals surface area (Å²) in [4.78, 5) is 0. The minimum absolute atomic E-state index is 0.174. The summed E-state index contributed by atoms with van der Waals surface area (Å²) in [6.45, 7) is 2.50. The van der Waals surface area contributed by atoms with Gasteiger partial charge in [-0.25, -0.2) is 13.1 Å². The Bertz CT molecular complexity index is 509. The zero-order valence-corrected chi connectivity index (χ0v) is 11.4. The number of hydrogen-bond donors (Lipinski definition) is 2. The first-order valence-corrected chi connectivity index (χ1v) is 7.89. The van der Waals surface area contributed by atoms with Gasteiger partial charge >= 0.3 is 0 Å². The Kier molecular flexibility index (Phi) is 4.04. The van der Waals surface area contributed by atoms with E-state index in [2.05, 4.69) is 16.9 Å². The summed E-state index contributed by atoms with van der Waals surface area (Å²) >= 11 is 0. The fourth-order valence-corrected chi connectivity index (χ4v) is 3.75. The summed E-state index contributed by atoms with van der Waals surface area (Å²) in [7, 11) is -3.27. The van der Waals surface area contributed by atoms with E-state index in [1.807, 2.05) is 19.1 Å². The van der Waals surface area contributed by atoms with Crippen LogP contribution < -0.4 is 10.5 Å². The largest absolute Gasteiger partial charge is 0.329 e. The van der Waals surface area contributed by atoms with E-state index in [-0.39, 0.29) is 6.54 Å². The van der Waals surface area contributed by atoms with E-state index in [0.29, 0.717) is 18.9 Å². The number of rotatable bonds is 6. The molecule has 2 atom stereocenters. The van der Waals surface area contributed by atoms with Crippen molar-refractivity contribution in [3.8, 4) is 0 Å². The Morgan fingerprint density at radius 1 is 1.44 bits per heavy atom. The van der Waals surface area contributed by atoms with Crippen LogP contribution in [0, 0.1) is 0 Å². The van der Waals surface area contributed by atoms with Crippen molar-refractivity contribution in [2.45, 2.75) is 30.9 Å². The molecular formula is C13H20N2O2S. The van der Waals surface area contributed by atoms with Crippen LogP contribution in [-0.4, -0.2) is 26.8 Å². The first-order chi connectivity index (χ1) is 8.58. The molecule has 0 spiro atoms. The molecule has 0 fully saturated rings. The molecule has 0 saturated carbocycles. The molecule has 0 amide bonds. The van der Waals surface area contributed by atoms with Crippen LogP contribution >= 0.6 is 0 Å². The summed E-state index contributed by atoms with van der Waals surface area (Å²) < 4.78 is 26.6. The monoisotopic (exact) mass is 268 g/mol. The predicted molar refractivity (Wildman–Crippen MR) is 72.9 cm³/mol. The normalized spacial score (nSPS) is 20.0. The number of benzene rings is 1. The highest BCUT2D eigenvalue weighted by Crippen LogP contribution is 2.34. The summed E-state index contributed by atoms with van der Waals surface area (Å²) in [5.74, 6) is 0.311. The molecule has 1 aromatic rings. The molecule has 0 aromatic heterocycles. The highest BCUT2D eigenvalue weighted by atomic mass is 32.2. The lowest BCUT2D eigenvalue weighted by atomic mass is 9.78. The lowest BCUT2D eigenvalue weighted by Gasteiger charge is -2.30. The zero-order chi connectivity index (χ0) is 13.2. The SMILES string of the molecule is CCC(CN)S(=O)(=O)NCC1Cc2ccccc21. The molecular weight excluding hydrogens is 248 g/mol. The summed E-state index contributed by atoms with van der Waals surface area (Å²) in [6, 6.07) is 8.17. The van der Waals surface area contributed by atoms with Crippen molar-refractivity contribution < 1.29 is 8.42 Å². The lowest BCUT2D eigenvalue weighted by molar-refractivity contribution is 0.538. The molecule has 100 valence electrons. The van der Waals surface area contributed by atoms with E-state index >= 15 is 0 Å². The molecule has 18 heavy (non-hydrogen) atoms. The van der Waals surface area contributed by atoms with Gasteiger partial charge in [0.2, 0.25) is 10.0 Å². The standard InChI is InChI=1S/C13H20N2O2S/c1-2-12(8-14)18(16,17)15-9-11-7-10-5-3-4-6-13(10)11/h3-6,11-12,15H,2,7-9,14H2,1H3. The van der Waals surface area contributed by atoms with Crippen molar-refractivity contribution in [1.29, 1.82) is 0 Å². The van der Waals surface area contributed by atoms with Crippen molar-refractivity contribution in [3.05, 3.63) is 35.4 Å². The number of sulfonamides is 1. The molecule has 3 N–H and O–H groups in total. The van der Waals surface area contributed by atoms with Crippen molar-refractivity contribution in [1.82, 2.24) is 4.72 Å². The molecule has 0 bridgehead atoms. The molecule has 1 aromatic carbocycles. The van der Waals surface area contributed by atoms with Gasteiger partial charge in [0.15, 0.2) is 0 Å². The van der Waals surface area contributed by atoms with Gasteiger partial charge < -0.3 is 5.73 Å². The van der Waals surface area contributed by atoms with E-state index in [1.165, 1.54) is 11.1 Å². The van der Waals surface area contributed by atoms with Gasteiger partial charge in [-0.1, -0.05) is 31.2 Å². The molecule has 2 unspecified atom stereocenters. The predicted octanol–water partition coefficient (Wildman–Crippen LogP) is 0.983. The molecule has 4 nitrogen and oxygen atoms in total. The van der Waals surface area contributed by atoms with Gasteiger partial charge in [0, 0.05) is 19.0 Å². The van der Waals surface area contributed by atoms with Gasteiger partial charge in [-0.05, 0) is 24.0 Å². The Balaban J connectivity index is 1.94. The molecule has 2 rings (SSSR count). The minimum Gasteiger partial charge on any atom is -0.329 e. The minimum atomic E-state index is -3.27. The first kappa shape index (κ1) is 13.5. The topological polar surface area (TPSA) is 72.2 Å². The second-order valence-corrected chi connectivity index (χ2v) is 6.80. The van der Waals surface area contributed by atoms with E-state index in [0.717, 1.165) is 6.42 Å². The van der Waals surface area contributed by atoms with Gasteiger partial charge in [0.05, 0.1) is 5.25 Å². The highest BCUT2D eigenvalue weighted by Gasteiger charge is 2.28. The third-order valence-electron chi connectivity index (χ3n) is 3.65. The second-order valence-electron chi connectivity index (χ2n) is 4.76. The Labute approximate surface area is 109 Å². The first-order valence-electron chi connectivity index (χ1n) is 6.34. The molecule has 1 aliphatic rings. The smallest absolute Gasteiger partial charge is 0.215 e. The van der Waals surface area contributed by atoms with E-state index < -0.39 is 15.3 Å². The van der Waals surface area contributed by atoms with Gasteiger partial charge in [0.25, 0.3) is 0 Å². The van der Waals surface area contributed by atoms with Gasteiger partial charge in [-0.15, -0.1) is 0 Å². The maximum atomic E-state index is 12.0. The van der Waals surface area contributed by atoms with Crippen LogP contribution in [0.5, 0.6) is 0 Å². The Hall–Kier alpha value is -0.910. The van der Waals surface area contributed by atoms with Gasteiger partial charge in [0.1, 0.15) is 0 Å². The summed E-state index contributed by atoms with van der Waals surface area (Å²) in [5, 5.41) is -0.479. The zero-order valence-electron chi connectivity index (χ0n) is 10.6.